The van der Waals surface area contributed by atoms with Crippen molar-refractivity contribution in [3.05, 3.63) is 88.6 Å². The minimum atomic E-state index is -1.34. The average molecular weight is 805 g/mol. The molecule has 3 fully saturated rings. The highest BCUT2D eigenvalue weighted by atomic mass is 19.1. The Labute approximate surface area is 345 Å². The minimum Gasteiger partial charge on any atom is -0.378 e. The van der Waals surface area contributed by atoms with Crippen molar-refractivity contribution in [2.45, 2.75) is 114 Å². The Balaban J connectivity index is 0.725. The molecule has 2 saturated heterocycles. The van der Waals surface area contributed by atoms with Gasteiger partial charge < -0.3 is 19.5 Å². The van der Waals surface area contributed by atoms with Crippen LogP contribution in [0.2, 0.25) is 0 Å². The SMILES string of the molecule is C[C@@H]1Cc2c([nH]c3ccccc23)[C@@H](c2cnc(C3CCC(OCCCN4CCN(c5ccc6c(c5)CN(C5CCC(=O)NC5=O)C6=O)CC4)CC3)nc2)N1CC(C)(C)F. The van der Waals surface area contributed by atoms with E-state index in [2.05, 4.69) is 62.3 Å². The van der Waals surface area contributed by atoms with E-state index in [1.807, 2.05) is 24.5 Å². The second kappa shape index (κ2) is 16.4. The van der Waals surface area contributed by atoms with Crippen LogP contribution in [0.15, 0.2) is 54.9 Å². The molecule has 4 aliphatic heterocycles. The van der Waals surface area contributed by atoms with E-state index in [1.165, 1.54) is 10.9 Å². The van der Waals surface area contributed by atoms with E-state index in [4.69, 9.17) is 14.7 Å². The lowest BCUT2D eigenvalue weighted by atomic mass is 9.86. The van der Waals surface area contributed by atoms with Crippen LogP contribution < -0.4 is 10.2 Å². The number of hydrogen-bond acceptors (Lipinski definition) is 9. The Morgan fingerprint density at radius 2 is 1.71 bits per heavy atom. The summed E-state index contributed by atoms with van der Waals surface area (Å²) in [6.45, 7) is 11.8. The molecule has 2 aromatic carbocycles. The monoisotopic (exact) mass is 804 g/mol. The lowest BCUT2D eigenvalue weighted by Crippen LogP contribution is -2.52. The molecule has 2 aromatic heterocycles. The highest BCUT2D eigenvalue weighted by Crippen LogP contribution is 2.42. The fourth-order valence-corrected chi connectivity index (χ4v) is 10.3. The summed E-state index contributed by atoms with van der Waals surface area (Å²) in [6.07, 6.45) is 10.7. The number of para-hydroxylation sites is 1. The van der Waals surface area contributed by atoms with Gasteiger partial charge in [0.05, 0.1) is 12.1 Å². The van der Waals surface area contributed by atoms with Gasteiger partial charge in [-0.1, -0.05) is 18.2 Å². The largest absolute Gasteiger partial charge is 0.378 e. The lowest BCUT2D eigenvalue weighted by Gasteiger charge is -2.42. The van der Waals surface area contributed by atoms with Gasteiger partial charge in [0.25, 0.3) is 5.91 Å². The molecule has 312 valence electrons. The molecule has 9 rings (SSSR count). The number of aromatic amines is 1. The molecule has 59 heavy (non-hydrogen) atoms. The minimum absolute atomic E-state index is 0.135. The molecule has 1 aliphatic carbocycles. The number of carbonyl (C=O) groups is 3. The molecule has 12 nitrogen and oxygen atoms in total. The standard InChI is InChI=1S/C46H57FN8O4/c1-29-23-37-36-7-4-5-8-38(36)50-41(37)42(55(29)28-46(2,3)47)32-25-48-43(49-26-32)30-9-12-34(13-10-30)59-22-6-17-52-18-20-53(21-19-52)33-11-14-35-31(24-33)27-54(45(35)58)39-15-16-40(56)51-44(39)57/h4-5,7-8,11,14,24-26,29-30,34,39,42,50H,6,9-10,12-13,15-23,27-28H2,1-3H3,(H,51,56,57)/t29-,30?,34?,39?,42-/m1/s1. The zero-order valence-corrected chi connectivity index (χ0v) is 34.6. The van der Waals surface area contributed by atoms with Gasteiger partial charge in [-0.3, -0.25) is 29.5 Å². The number of alkyl halides is 1. The van der Waals surface area contributed by atoms with Crippen molar-refractivity contribution in [1.29, 1.82) is 0 Å². The quantitative estimate of drug-likeness (QED) is 0.138. The van der Waals surface area contributed by atoms with Crippen molar-refractivity contribution in [3.63, 3.8) is 0 Å². The zero-order valence-electron chi connectivity index (χ0n) is 34.6. The number of anilines is 1. The Kier molecular flexibility index (Phi) is 11.0. The van der Waals surface area contributed by atoms with Gasteiger partial charge in [-0.05, 0) is 101 Å². The number of piperazine rings is 1. The molecular weight excluding hydrogens is 748 g/mol. The molecule has 0 radical (unpaired) electrons. The van der Waals surface area contributed by atoms with Gasteiger partial charge in [-0.2, -0.15) is 0 Å². The van der Waals surface area contributed by atoms with Crippen LogP contribution in [-0.2, 0) is 27.3 Å². The predicted molar refractivity (Wildman–Crippen MR) is 224 cm³/mol. The predicted octanol–water partition coefficient (Wildman–Crippen LogP) is 6.06. The normalized spacial score (nSPS) is 25.7. The molecule has 0 spiro atoms. The van der Waals surface area contributed by atoms with Gasteiger partial charge in [0.15, 0.2) is 0 Å². The molecule has 2 N–H and O–H groups in total. The first-order valence-electron chi connectivity index (χ1n) is 21.7. The molecule has 6 heterocycles. The molecule has 4 aromatic rings. The van der Waals surface area contributed by atoms with E-state index in [9.17, 15) is 14.4 Å². The van der Waals surface area contributed by atoms with Gasteiger partial charge >= 0.3 is 0 Å². The molecular formula is C46H57FN8O4. The van der Waals surface area contributed by atoms with Crippen LogP contribution in [0, 0.1) is 0 Å². The Morgan fingerprint density at radius 3 is 2.46 bits per heavy atom. The average Bonchev–Trinajstić information content (AvgIpc) is 3.76. The number of rotatable bonds is 11. The molecule has 3 atom stereocenters. The van der Waals surface area contributed by atoms with Crippen LogP contribution >= 0.6 is 0 Å². The summed E-state index contributed by atoms with van der Waals surface area (Å²) in [6, 6.07) is 13.9. The summed E-state index contributed by atoms with van der Waals surface area (Å²) in [5.41, 5.74) is 5.91. The van der Waals surface area contributed by atoms with Crippen LogP contribution in [0.3, 0.4) is 0 Å². The number of imide groups is 1. The molecule has 1 saturated carbocycles. The second-order valence-corrected chi connectivity index (χ2v) is 18.1. The number of halogens is 1. The number of benzene rings is 2. The van der Waals surface area contributed by atoms with E-state index < -0.39 is 11.7 Å². The third kappa shape index (κ3) is 8.25. The smallest absolute Gasteiger partial charge is 0.255 e. The maximum atomic E-state index is 15.2. The summed E-state index contributed by atoms with van der Waals surface area (Å²) in [5, 5.41) is 3.62. The van der Waals surface area contributed by atoms with Crippen LogP contribution in [0.1, 0.15) is 116 Å². The van der Waals surface area contributed by atoms with Crippen LogP contribution in [0.25, 0.3) is 10.9 Å². The summed E-state index contributed by atoms with van der Waals surface area (Å²) in [5.74, 6) is 0.414. The summed E-state index contributed by atoms with van der Waals surface area (Å²) in [4.78, 5) is 59.5. The first-order valence-corrected chi connectivity index (χ1v) is 21.7. The maximum absolute atomic E-state index is 15.2. The zero-order chi connectivity index (χ0) is 40.8. The third-order valence-electron chi connectivity index (χ3n) is 13.3. The molecule has 5 aliphatic rings. The number of fused-ring (bicyclic) bond motifs is 4. The highest BCUT2D eigenvalue weighted by Gasteiger charge is 2.41. The molecule has 1 unspecified atom stereocenters. The number of hydrogen-bond donors (Lipinski definition) is 2. The maximum Gasteiger partial charge on any atom is 0.255 e. The Morgan fingerprint density at radius 1 is 0.949 bits per heavy atom. The number of nitrogens with zero attached hydrogens (tertiary/aromatic N) is 6. The van der Waals surface area contributed by atoms with Crippen molar-refractivity contribution in [1.82, 2.24) is 35.0 Å². The van der Waals surface area contributed by atoms with Crippen molar-refractivity contribution in [2.24, 2.45) is 0 Å². The third-order valence-corrected chi connectivity index (χ3v) is 13.3. The number of H-pyrrole nitrogens is 1. The number of piperidine rings is 1. The van der Waals surface area contributed by atoms with Crippen LogP contribution in [0.4, 0.5) is 10.1 Å². The highest BCUT2D eigenvalue weighted by molar-refractivity contribution is 6.05. The van der Waals surface area contributed by atoms with E-state index in [-0.39, 0.29) is 42.3 Å². The number of amides is 3. The fraction of sp³-hybridized carbons (Fsp3) is 0.543. The van der Waals surface area contributed by atoms with Gasteiger partial charge in [-0.15, -0.1) is 0 Å². The van der Waals surface area contributed by atoms with Crippen molar-refractivity contribution < 1.29 is 23.5 Å². The van der Waals surface area contributed by atoms with Crippen LogP contribution in [0.5, 0.6) is 0 Å². The van der Waals surface area contributed by atoms with E-state index >= 15 is 4.39 Å². The number of aromatic nitrogens is 3. The Hall–Kier alpha value is -4.72. The van der Waals surface area contributed by atoms with Gasteiger partial charge in [-0.25, -0.2) is 14.4 Å². The Bertz CT molecular complexity index is 2190. The first-order chi connectivity index (χ1) is 28.5. The van der Waals surface area contributed by atoms with Gasteiger partial charge in [0, 0.05) is 117 Å². The van der Waals surface area contributed by atoms with E-state index in [0.717, 1.165) is 112 Å². The van der Waals surface area contributed by atoms with Crippen LogP contribution in [-0.4, -0.2) is 117 Å². The molecule has 0 bridgehead atoms. The topological polar surface area (TPSA) is 127 Å². The molecule has 3 amide bonds. The van der Waals surface area contributed by atoms with E-state index in [0.29, 0.717) is 31.0 Å². The number of carbonyl (C=O) groups excluding carboxylic acids is 3. The number of ether oxygens (including phenoxy) is 1. The fourth-order valence-electron chi connectivity index (χ4n) is 10.3. The lowest BCUT2D eigenvalue weighted by molar-refractivity contribution is -0.136. The second-order valence-electron chi connectivity index (χ2n) is 18.1. The van der Waals surface area contributed by atoms with E-state index in [1.54, 1.807) is 18.7 Å². The van der Waals surface area contributed by atoms with Gasteiger partial charge in [0.2, 0.25) is 11.8 Å². The summed E-state index contributed by atoms with van der Waals surface area (Å²) < 4.78 is 21.6. The van der Waals surface area contributed by atoms with Gasteiger partial charge in [0.1, 0.15) is 17.5 Å². The van der Waals surface area contributed by atoms with Crippen molar-refractivity contribution >= 4 is 34.3 Å². The summed E-state index contributed by atoms with van der Waals surface area (Å²) >= 11 is 0. The number of nitrogens with one attached hydrogen (secondary N) is 2. The van der Waals surface area contributed by atoms with Crippen molar-refractivity contribution in [3.8, 4) is 0 Å². The molecule has 13 heteroatoms. The first kappa shape index (κ1) is 39.7. The van der Waals surface area contributed by atoms with Crippen molar-refractivity contribution in [2.75, 3.05) is 50.8 Å². The summed E-state index contributed by atoms with van der Waals surface area (Å²) in [7, 11) is 0.